The van der Waals surface area contributed by atoms with Gasteiger partial charge in [-0.3, -0.25) is 0 Å². The van der Waals surface area contributed by atoms with Crippen LogP contribution in [0.2, 0.25) is 0 Å². The Morgan fingerprint density at radius 3 is 2.46 bits per heavy atom. The smallest absolute Gasteiger partial charge is 0.0920 e. The minimum Gasteiger partial charge on any atom is -0.369 e. The Morgan fingerprint density at radius 2 is 1.92 bits per heavy atom. The maximum atomic E-state index is 5.72. The fraction of sp³-hybridized carbons (Fsp3) is 1.00. The predicted octanol–water partition coefficient (Wildman–Crippen LogP) is 2.12. The highest BCUT2D eigenvalue weighted by Gasteiger charge is 2.62. The summed E-state index contributed by atoms with van der Waals surface area (Å²) in [5.41, 5.74) is 0.651. The Kier molecular flexibility index (Phi) is 1.34. The topological polar surface area (TPSA) is 25.1 Å². The maximum absolute atomic E-state index is 5.72. The van der Waals surface area contributed by atoms with Gasteiger partial charge < -0.3 is 9.47 Å². The van der Waals surface area contributed by atoms with Crippen molar-refractivity contribution in [1.29, 1.82) is 0 Å². The average molecular weight is 182 g/mol. The normalized spacial score (nSPS) is 64.4. The molecule has 0 radical (unpaired) electrons. The second-order valence-corrected chi connectivity index (χ2v) is 5.54. The van der Waals surface area contributed by atoms with Crippen molar-refractivity contribution < 1.29 is 9.47 Å². The summed E-state index contributed by atoms with van der Waals surface area (Å²) < 4.78 is 11.3. The summed E-state index contributed by atoms with van der Waals surface area (Å²) in [6, 6.07) is 0. The molecule has 0 spiro atoms. The lowest BCUT2D eigenvalue weighted by molar-refractivity contribution is 0.157. The van der Waals surface area contributed by atoms with Crippen molar-refractivity contribution in [3.05, 3.63) is 0 Å². The molecule has 0 bridgehead atoms. The van der Waals surface area contributed by atoms with Crippen LogP contribution in [0, 0.1) is 5.41 Å². The molecule has 1 saturated carbocycles. The van der Waals surface area contributed by atoms with Crippen molar-refractivity contribution in [2.45, 2.75) is 63.9 Å². The van der Waals surface area contributed by atoms with Gasteiger partial charge in [0.2, 0.25) is 0 Å². The second kappa shape index (κ2) is 2.12. The zero-order valence-corrected chi connectivity index (χ0v) is 8.67. The van der Waals surface area contributed by atoms with Gasteiger partial charge in [0.05, 0.1) is 23.9 Å². The molecular weight excluding hydrogens is 164 g/mol. The maximum Gasteiger partial charge on any atom is 0.0920 e. The monoisotopic (exact) mass is 182 g/mol. The van der Waals surface area contributed by atoms with Crippen LogP contribution < -0.4 is 0 Å². The SMILES string of the molecule is C[C@H]1O[C@@H]1[C@]1(C)CC[C@@]2(C)O[C@@H]2C1. The lowest BCUT2D eigenvalue weighted by atomic mass is 9.69. The van der Waals surface area contributed by atoms with E-state index < -0.39 is 0 Å². The van der Waals surface area contributed by atoms with Gasteiger partial charge in [0.25, 0.3) is 0 Å². The summed E-state index contributed by atoms with van der Waals surface area (Å²) in [6.07, 6.45) is 5.24. The molecule has 0 aromatic carbocycles. The van der Waals surface area contributed by atoms with Gasteiger partial charge >= 0.3 is 0 Å². The molecule has 2 saturated heterocycles. The largest absolute Gasteiger partial charge is 0.369 e. The number of hydrogen-bond acceptors (Lipinski definition) is 2. The highest BCUT2D eigenvalue weighted by Crippen LogP contribution is 2.58. The van der Waals surface area contributed by atoms with Crippen LogP contribution in [0.1, 0.15) is 40.0 Å². The van der Waals surface area contributed by atoms with E-state index >= 15 is 0 Å². The summed E-state index contributed by atoms with van der Waals surface area (Å²) in [5.74, 6) is 0. The molecular formula is C11H18O2. The Morgan fingerprint density at radius 1 is 1.23 bits per heavy atom. The molecule has 3 rings (SSSR count). The van der Waals surface area contributed by atoms with Gasteiger partial charge in [-0.05, 0) is 38.5 Å². The molecule has 13 heavy (non-hydrogen) atoms. The van der Waals surface area contributed by atoms with Gasteiger partial charge in [0, 0.05) is 0 Å². The highest BCUT2D eigenvalue weighted by atomic mass is 16.6. The Labute approximate surface area is 79.6 Å². The van der Waals surface area contributed by atoms with Crippen molar-refractivity contribution in [3.8, 4) is 0 Å². The highest BCUT2D eigenvalue weighted by molar-refractivity contribution is 5.11. The van der Waals surface area contributed by atoms with E-state index in [4.69, 9.17) is 9.47 Å². The predicted molar refractivity (Wildman–Crippen MR) is 49.6 cm³/mol. The van der Waals surface area contributed by atoms with E-state index in [0.29, 0.717) is 23.7 Å². The first kappa shape index (κ1) is 8.25. The van der Waals surface area contributed by atoms with Gasteiger partial charge in [0.15, 0.2) is 0 Å². The molecule has 2 heterocycles. The molecule has 0 aromatic heterocycles. The van der Waals surface area contributed by atoms with Gasteiger partial charge in [-0.25, -0.2) is 0 Å². The average Bonchev–Trinajstić information content (AvgIpc) is 2.89. The van der Waals surface area contributed by atoms with Crippen molar-refractivity contribution in [2.75, 3.05) is 0 Å². The lowest BCUT2D eigenvalue weighted by Gasteiger charge is -2.32. The van der Waals surface area contributed by atoms with E-state index in [0.717, 1.165) is 0 Å². The summed E-state index contributed by atoms with van der Waals surface area (Å²) >= 11 is 0. The van der Waals surface area contributed by atoms with E-state index in [9.17, 15) is 0 Å². The van der Waals surface area contributed by atoms with Gasteiger partial charge in [0.1, 0.15) is 0 Å². The zero-order valence-electron chi connectivity index (χ0n) is 8.67. The van der Waals surface area contributed by atoms with E-state index in [-0.39, 0.29) is 5.60 Å². The Balaban J connectivity index is 1.73. The Bertz CT molecular complexity index is 252. The van der Waals surface area contributed by atoms with Crippen LogP contribution in [0.5, 0.6) is 0 Å². The molecule has 3 fully saturated rings. The first-order chi connectivity index (χ1) is 6.04. The number of rotatable bonds is 1. The van der Waals surface area contributed by atoms with Crippen molar-refractivity contribution in [2.24, 2.45) is 5.41 Å². The molecule has 2 aliphatic heterocycles. The van der Waals surface area contributed by atoms with Crippen LogP contribution in [-0.4, -0.2) is 23.9 Å². The first-order valence-electron chi connectivity index (χ1n) is 5.37. The Hall–Kier alpha value is -0.0800. The number of epoxide rings is 2. The third-order valence-corrected chi connectivity index (χ3v) is 4.28. The first-order valence-corrected chi connectivity index (χ1v) is 5.37. The third kappa shape index (κ3) is 1.08. The minimum absolute atomic E-state index is 0.248. The molecule has 74 valence electrons. The van der Waals surface area contributed by atoms with Crippen molar-refractivity contribution in [1.82, 2.24) is 0 Å². The standard InChI is InChI=1S/C11H18O2/c1-7-9(12-7)10(2)4-5-11(3)8(6-10)13-11/h7-9H,4-6H2,1-3H3/t7-,8-,9+,10-,11-/m1/s1. The molecule has 2 nitrogen and oxygen atoms in total. The van der Waals surface area contributed by atoms with Crippen LogP contribution in [0.25, 0.3) is 0 Å². The van der Waals surface area contributed by atoms with Crippen LogP contribution in [0.3, 0.4) is 0 Å². The number of hydrogen-bond donors (Lipinski definition) is 0. The van der Waals surface area contributed by atoms with Crippen molar-refractivity contribution >= 4 is 0 Å². The molecule has 0 unspecified atom stereocenters. The van der Waals surface area contributed by atoms with Crippen LogP contribution in [0.4, 0.5) is 0 Å². The third-order valence-electron chi connectivity index (χ3n) is 4.28. The van der Waals surface area contributed by atoms with Crippen LogP contribution >= 0.6 is 0 Å². The van der Waals surface area contributed by atoms with E-state index in [1.54, 1.807) is 0 Å². The minimum atomic E-state index is 0.248. The molecule has 0 aromatic rings. The fourth-order valence-electron chi connectivity index (χ4n) is 3.00. The van der Waals surface area contributed by atoms with E-state index in [1.165, 1.54) is 19.3 Å². The molecule has 2 heteroatoms. The molecule has 3 aliphatic rings. The molecule has 0 N–H and O–H groups in total. The van der Waals surface area contributed by atoms with Gasteiger partial charge in [-0.15, -0.1) is 0 Å². The summed E-state index contributed by atoms with van der Waals surface area (Å²) in [6.45, 7) is 6.79. The summed E-state index contributed by atoms with van der Waals surface area (Å²) in [4.78, 5) is 0. The lowest BCUT2D eigenvalue weighted by Crippen LogP contribution is -2.34. The van der Waals surface area contributed by atoms with Crippen molar-refractivity contribution in [3.63, 3.8) is 0 Å². The van der Waals surface area contributed by atoms with Crippen LogP contribution in [0.15, 0.2) is 0 Å². The quantitative estimate of drug-likeness (QED) is 0.580. The summed E-state index contributed by atoms with van der Waals surface area (Å²) in [5, 5.41) is 0. The number of fused-ring (bicyclic) bond motifs is 1. The van der Waals surface area contributed by atoms with E-state index in [2.05, 4.69) is 20.8 Å². The van der Waals surface area contributed by atoms with Gasteiger partial charge in [-0.2, -0.15) is 0 Å². The van der Waals surface area contributed by atoms with E-state index in [1.807, 2.05) is 0 Å². The molecule has 1 aliphatic carbocycles. The number of ether oxygens (including phenoxy) is 2. The summed E-state index contributed by atoms with van der Waals surface area (Å²) in [7, 11) is 0. The zero-order chi connectivity index (χ0) is 9.27. The fourth-order valence-corrected chi connectivity index (χ4v) is 3.00. The van der Waals surface area contributed by atoms with Crippen LogP contribution in [-0.2, 0) is 9.47 Å². The second-order valence-electron chi connectivity index (χ2n) is 5.54. The molecule has 5 atom stereocenters. The molecule has 0 amide bonds. The van der Waals surface area contributed by atoms with Gasteiger partial charge in [-0.1, -0.05) is 6.92 Å².